The van der Waals surface area contributed by atoms with E-state index in [1.54, 1.807) is 0 Å². The van der Waals surface area contributed by atoms with Crippen molar-refractivity contribution in [1.29, 1.82) is 0 Å². The van der Waals surface area contributed by atoms with Crippen LogP contribution in [-0.2, 0) is 13.1 Å². The first-order valence-electron chi connectivity index (χ1n) is 7.71. The van der Waals surface area contributed by atoms with E-state index in [0.29, 0.717) is 6.54 Å². The van der Waals surface area contributed by atoms with Crippen molar-refractivity contribution in [2.75, 3.05) is 0 Å². The number of benzene rings is 3. The Bertz CT molecular complexity index is 677. The van der Waals surface area contributed by atoms with Crippen molar-refractivity contribution < 1.29 is 0 Å². The van der Waals surface area contributed by atoms with Crippen LogP contribution in [0, 0.1) is 0 Å². The zero-order valence-electron chi connectivity index (χ0n) is 13.2. The van der Waals surface area contributed by atoms with Gasteiger partial charge in [-0.2, -0.15) is 0 Å². The van der Waals surface area contributed by atoms with E-state index >= 15 is 0 Å². The summed E-state index contributed by atoms with van der Waals surface area (Å²) in [5.74, 6) is 0. The molecular formula is C21H22N2. The summed E-state index contributed by atoms with van der Waals surface area (Å²) in [6.07, 6.45) is 1.91. The van der Waals surface area contributed by atoms with Crippen molar-refractivity contribution in [2.24, 2.45) is 10.7 Å². The van der Waals surface area contributed by atoms with Gasteiger partial charge < -0.3 is 5.73 Å². The molecule has 23 heavy (non-hydrogen) atoms. The van der Waals surface area contributed by atoms with Gasteiger partial charge >= 0.3 is 0 Å². The second kappa shape index (κ2) is 10.1. The molecular weight excluding hydrogens is 280 g/mol. The minimum Gasteiger partial charge on any atom is -0.326 e. The molecule has 116 valence electrons. The van der Waals surface area contributed by atoms with Crippen LogP contribution < -0.4 is 5.73 Å². The smallest absolute Gasteiger partial charge is 0.0639 e. The van der Waals surface area contributed by atoms with E-state index in [-0.39, 0.29) is 0 Å². The molecule has 0 unspecified atom stereocenters. The maximum absolute atomic E-state index is 5.35. The molecule has 0 aliphatic heterocycles. The van der Waals surface area contributed by atoms with Gasteiger partial charge in [0.05, 0.1) is 6.54 Å². The summed E-state index contributed by atoms with van der Waals surface area (Å²) < 4.78 is 0. The fourth-order valence-electron chi connectivity index (χ4n) is 1.99. The molecule has 0 heterocycles. The molecule has 0 amide bonds. The Morgan fingerprint density at radius 2 is 1.13 bits per heavy atom. The van der Waals surface area contributed by atoms with E-state index in [1.807, 2.05) is 72.9 Å². The largest absolute Gasteiger partial charge is 0.326 e. The highest BCUT2D eigenvalue weighted by molar-refractivity contribution is 5.79. The fourth-order valence-corrected chi connectivity index (χ4v) is 1.99. The molecule has 3 aromatic carbocycles. The number of nitrogens with two attached hydrogens (primary N) is 1. The summed E-state index contributed by atoms with van der Waals surface area (Å²) in [7, 11) is 0. The molecule has 0 aliphatic rings. The lowest BCUT2D eigenvalue weighted by atomic mass is 10.2. The number of hydrogen-bond acceptors (Lipinski definition) is 2. The van der Waals surface area contributed by atoms with E-state index in [4.69, 9.17) is 5.73 Å². The van der Waals surface area contributed by atoms with Crippen LogP contribution in [0.5, 0.6) is 0 Å². The van der Waals surface area contributed by atoms with Crippen LogP contribution in [0.15, 0.2) is 96.0 Å². The Balaban J connectivity index is 0.000000203. The quantitative estimate of drug-likeness (QED) is 0.710. The van der Waals surface area contributed by atoms with Crippen molar-refractivity contribution in [3.63, 3.8) is 0 Å². The first-order valence-corrected chi connectivity index (χ1v) is 7.71. The topological polar surface area (TPSA) is 38.4 Å². The van der Waals surface area contributed by atoms with E-state index < -0.39 is 0 Å². The zero-order valence-corrected chi connectivity index (χ0v) is 13.2. The molecule has 0 radical (unpaired) electrons. The molecule has 0 bridgehead atoms. The molecule has 0 fully saturated rings. The molecule has 0 saturated heterocycles. The Kier molecular flexibility index (Phi) is 7.31. The standard InChI is InChI=1S/C14H13N.C7H9N/c1-3-7-13(8-4-1)11-15-12-14-9-5-2-6-10-14;8-6-7-4-2-1-3-5-7/h1-11H,12H2;1-5H,6,8H2. The maximum atomic E-state index is 5.35. The zero-order chi connectivity index (χ0) is 16.2. The van der Waals surface area contributed by atoms with Gasteiger partial charge in [-0.25, -0.2) is 0 Å². The summed E-state index contributed by atoms with van der Waals surface area (Å²) in [5.41, 5.74) is 8.92. The van der Waals surface area contributed by atoms with Crippen molar-refractivity contribution in [3.8, 4) is 0 Å². The first-order chi connectivity index (χ1) is 11.4. The summed E-state index contributed by atoms with van der Waals surface area (Å²) >= 11 is 0. The van der Waals surface area contributed by atoms with Crippen LogP contribution >= 0.6 is 0 Å². The highest BCUT2D eigenvalue weighted by Crippen LogP contribution is 2.01. The SMILES string of the molecule is C(=NCc1ccccc1)c1ccccc1.NCc1ccccc1. The van der Waals surface area contributed by atoms with Gasteiger partial charge in [-0.1, -0.05) is 91.0 Å². The van der Waals surface area contributed by atoms with Gasteiger partial charge in [-0.15, -0.1) is 0 Å². The first kappa shape index (κ1) is 16.7. The lowest BCUT2D eigenvalue weighted by Crippen LogP contribution is -1.94. The molecule has 2 N–H and O–H groups in total. The molecule has 0 aliphatic carbocycles. The highest BCUT2D eigenvalue weighted by Gasteiger charge is 1.87. The maximum Gasteiger partial charge on any atom is 0.0639 e. The number of hydrogen-bond donors (Lipinski definition) is 1. The van der Waals surface area contributed by atoms with E-state index in [2.05, 4.69) is 29.3 Å². The Morgan fingerprint density at radius 3 is 1.61 bits per heavy atom. The molecule has 2 heteroatoms. The van der Waals surface area contributed by atoms with Crippen LogP contribution in [0.1, 0.15) is 16.7 Å². The van der Waals surface area contributed by atoms with Gasteiger partial charge in [0.1, 0.15) is 0 Å². The molecule has 0 aromatic heterocycles. The number of rotatable bonds is 4. The van der Waals surface area contributed by atoms with Gasteiger partial charge in [0, 0.05) is 12.8 Å². The molecule has 0 spiro atoms. The van der Waals surface area contributed by atoms with Crippen LogP contribution in [-0.4, -0.2) is 6.21 Å². The fraction of sp³-hybridized carbons (Fsp3) is 0.0952. The monoisotopic (exact) mass is 302 g/mol. The Hall–Kier alpha value is -2.71. The predicted octanol–water partition coefficient (Wildman–Crippen LogP) is 4.45. The summed E-state index contributed by atoms with van der Waals surface area (Å²) in [6.45, 7) is 1.39. The van der Waals surface area contributed by atoms with E-state index in [9.17, 15) is 0 Å². The summed E-state index contributed by atoms with van der Waals surface area (Å²) in [6, 6.07) is 30.4. The lowest BCUT2D eigenvalue weighted by molar-refractivity contribution is 1.07. The van der Waals surface area contributed by atoms with E-state index in [0.717, 1.165) is 12.1 Å². The average Bonchev–Trinajstić information content (AvgIpc) is 2.65. The van der Waals surface area contributed by atoms with Gasteiger partial charge in [-0.05, 0) is 16.7 Å². The number of nitrogens with zero attached hydrogens (tertiary/aromatic N) is 1. The molecule has 3 rings (SSSR count). The van der Waals surface area contributed by atoms with Gasteiger partial charge in [0.2, 0.25) is 0 Å². The van der Waals surface area contributed by atoms with Crippen LogP contribution in [0.4, 0.5) is 0 Å². The number of aliphatic imine (C=N–C) groups is 1. The van der Waals surface area contributed by atoms with Crippen LogP contribution in [0.25, 0.3) is 0 Å². The highest BCUT2D eigenvalue weighted by atomic mass is 14.7. The van der Waals surface area contributed by atoms with Crippen molar-refractivity contribution in [2.45, 2.75) is 13.1 Å². The average molecular weight is 302 g/mol. The normalized spacial score (nSPS) is 10.1. The summed E-state index contributed by atoms with van der Waals surface area (Å²) in [4.78, 5) is 4.39. The van der Waals surface area contributed by atoms with Gasteiger partial charge in [0.15, 0.2) is 0 Å². The third kappa shape index (κ3) is 6.72. The van der Waals surface area contributed by atoms with Gasteiger partial charge in [-0.3, -0.25) is 4.99 Å². The second-order valence-corrected chi connectivity index (χ2v) is 5.06. The minimum atomic E-state index is 0.640. The molecule has 3 aromatic rings. The lowest BCUT2D eigenvalue weighted by Gasteiger charge is -1.94. The van der Waals surface area contributed by atoms with Crippen molar-refractivity contribution in [3.05, 3.63) is 108 Å². The third-order valence-corrected chi connectivity index (χ3v) is 3.24. The van der Waals surface area contributed by atoms with Crippen LogP contribution in [0.3, 0.4) is 0 Å². The molecule has 0 atom stereocenters. The summed E-state index contributed by atoms with van der Waals surface area (Å²) in [5, 5.41) is 0. The minimum absolute atomic E-state index is 0.640. The Morgan fingerprint density at radius 1 is 0.652 bits per heavy atom. The van der Waals surface area contributed by atoms with E-state index in [1.165, 1.54) is 11.1 Å². The van der Waals surface area contributed by atoms with Gasteiger partial charge in [0.25, 0.3) is 0 Å². The molecule has 0 saturated carbocycles. The van der Waals surface area contributed by atoms with Crippen molar-refractivity contribution in [1.82, 2.24) is 0 Å². The van der Waals surface area contributed by atoms with Crippen molar-refractivity contribution >= 4 is 6.21 Å². The Labute approximate surface area is 138 Å². The van der Waals surface area contributed by atoms with Crippen LogP contribution in [0.2, 0.25) is 0 Å². The molecule has 2 nitrogen and oxygen atoms in total. The predicted molar refractivity (Wildman–Crippen MR) is 98.5 cm³/mol. The second-order valence-electron chi connectivity index (χ2n) is 5.06. The third-order valence-electron chi connectivity index (χ3n) is 3.24.